The minimum atomic E-state index is -0.800. The molecule has 0 spiro atoms. The Labute approximate surface area is 110 Å². The van der Waals surface area contributed by atoms with E-state index in [1.807, 2.05) is 18.2 Å². The van der Waals surface area contributed by atoms with E-state index in [9.17, 15) is 4.79 Å². The van der Waals surface area contributed by atoms with Gasteiger partial charge in [0, 0.05) is 19.8 Å². The Bertz CT molecular complexity index is 627. The van der Waals surface area contributed by atoms with Crippen molar-refractivity contribution in [2.45, 2.75) is 31.8 Å². The van der Waals surface area contributed by atoms with Crippen LogP contribution in [0.5, 0.6) is 0 Å². The Kier molecular flexibility index (Phi) is 2.78. The van der Waals surface area contributed by atoms with Crippen molar-refractivity contribution in [1.82, 2.24) is 4.98 Å². The molecule has 1 atom stereocenters. The number of rotatable bonds is 4. The SMILES string of the molecule is Cc1nc2ccc(C3(CCC(=O)O)CCO3)cc2o1. The first-order valence-electron chi connectivity index (χ1n) is 6.32. The third-order valence-corrected chi connectivity index (χ3v) is 3.65. The van der Waals surface area contributed by atoms with Crippen molar-refractivity contribution in [3.05, 3.63) is 29.7 Å². The van der Waals surface area contributed by atoms with Gasteiger partial charge in [0.15, 0.2) is 11.5 Å². The van der Waals surface area contributed by atoms with Crippen molar-refractivity contribution in [3.63, 3.8) is 0 Å². The van der Waals surface area contributed by atoms with Crippen molar-refractivity contribution in [2.75, 3.05) is 6.61 Å². The lowest BCUT2D eigenvalue weighted by Gasteiger charge is -2.42. The van der Waals surface area contributed by atoms with E-state index in [1.165, 1.54) is 0 Å². The number of carbonyl (C=O) groups is 1. The van der Waals surface area contributed by atoms with E-state index in [1.54, 1.807) is 6.92 Å². The second kappa shape index (κ2) is 4.35. The van der Waals surface area contributed by atoms with Crippen LogP contribution in [0.25, 0.3) is 11.1 Å². The van der Waals surface area contributed by atoms with Crippen molar-refractivity contribution < 1.29 is 19.1 Å². The molecule has 0 aliphatic carbocycles. The zero-order chi connectivity index (χ0) is 13.5. The summed E-state index contributed by atoms with van der Waals surface area (Å²) in [4.78, 5) is 15.0. The Morgan fingerprint density at radius 2 is 2.32 bits per heavy atom. The molecule has 3 rings (SSSR count). The molecule has 0 saturated carbocycles. The number of hydrogen-bond donors (Lipinski definition) is 1. The lowest BCUT2D eigenvalue weighted by molar-refractivity contribution is -0.165. The van der Waals surface area contributed by atoms with E-state index in [-0.39, 0.29) is 6.42 Å². The third-order valence-electron chi connectivity index (χ3n) is 3.65. The number of carboxylic acid groups (broad SMARTS) is 1. The van der Waals surface area contributed by atoms with Gasteiger partial charge in [-0.15, -0.1) is 0 Å². The number of aryl methyl sites for hydroxylation is 1. The summed E-state index contributed by atoms with van der Waals surface area (Å²) in [7, 11) is 0. The number of aromatic nitrogens is 1. The first kappa shape index (κ1) is 12.2. The average molecular weight is 261 g/mol. The molecule has 1 fully saturated rings. The van der Waals surface area contributed by atoms with Crippen molar-refractivity contribution in [1.29, 1.82) is 0 Å². The smallest absolute Gasteiger partial charge is 0.303 e. The Morgan fingerprint density at radius 3 is 2.95 bits per heavy atom. The largest absolute Gasteiger partial charge is 0.481 e. The van der Waals surface area contributed by atoms with Crippen molar-refractivity contribution in [2.24, 2.45) is 0 Å². The first-order valence-corrected chi connectivity index (χ1v) is 6.32. The summed E-state index contributed by atoms with van der Waals surface area (Å²) in [6.07, 6.45) is 1.44. The van der Waals surface area contributed by atoms with Crippen molar-refractivity contribution in [3.8, 4) is 0 Å². The highest BCUT2D eigenvalue weighted by Crippen LogP contribution is 2.42. The molecule has 19 heavy (non-hydrogen) atoms. The minimum Gasteiger partial charge on any atom is -0.481 e. The van der Waals surface area contributed by atoms with Crippen LogP contribution < -0.4 is 0 Å². The average Bonchev–Trinajstić information content (AvgIpc) is 2.66. The minimum absolute atomic E-state index is 0.105. The molecule has 0 bridgehead atoms. The number of oxazole rings is 1. The molecule has 2 aromatic rings. The second-order valence-corrected chi connectivity index (χ2v) is 4.90. The van der Waals surface area contributed by atoms with Crippen molar-refractivity contribution >= 4 is 17.1 Å². The van der Waals surface area contributed by atoms with Gasteiger partial charge in [0.25, 0.3) is 0 Å². The van der Waals surface area contributed by atoms with Gasteiger partial charge in [-0.2, -0.15) is 0 Å². The lowest BCUT2D eigenvalue weighted by Crippen LogP contribution is -2.41. The summed E-state index contributed by atoms with van der Waals surface area (Å²) in [5.41, 5.74) is 2.05. The van der Waals surface area contributed by atoms with Crippen LogP contribution in [0.4, 0.5) is 0 Å². The summed E-state index contributed by atoms with van der Waals surface area (Å²) < 4.78 is 11.2. The van der Waals surface area contributed by atoms with Crippen LogP contribution in [-0.4, -0.2) is 22.7 Å². The standard InChI is InChI=1S/C14H15NO4/c1-9-15-11-3-2-10(8-12(11)19-9)14(6-7-18-14)5-4-13(16)17/h2-3,8H,4-7H2,1H3,(H,16,17). The lowest BCUT2D eigenvalue weighted by atomic mass is 9.82. The third kappa shape index (κ3) is 2.10. The molecule has 1 aliphatic rings. The van der Waals surface area contributed by atoms with E-state index in [0.29, 0.717) is 18.9 Å². The van der Waals surface area contributed by atoms with Gasteiger partial charge in [-0.1, -0.05) is 6.07 Å². The predicted octanol–water partition coefficient (Wildman–Crippen LogP) is 2.62. The fourth-order valence-corrected chi connectivity index (χ4v) is 2.55. The van der Waals surface area contributed by atoms with Crippen LogP contribution in [0.1, 0.15) is 30.7 Å². The van der Waals surface area contributed by atoms with Gasteiger partial charge in [-0.05, 0) is 24.1 Å². The molecule has 1 unspecified atom stereocenters. The predicted molar refractivity (Wildman–Crippen MR) is 67.9 cm³/mol. The zero-order valence-electron chi connectivity index (χ0n) is 10.7. The van der Waals surface area contributed by atoms with Crippen LogP contribution in [0.2, 0.25) is 0 Å². The molecule has 5 nitrogen and oxygen atoms in total. The first-order chi connectivity index (χ1) is 9.09. The van der Waals surface area contributed by atoms with Gasteiger partial charge in [0.1, 0.15) is 5.52 Å². The molecule has 100 valence electrons. The number of aliphatic carboxylic acids is 1. The number of nitrogens with zero attached hydrogens (tertiary/aromatic N) is 1. The van der Waals surface area contributed by atoms with Crippen LogP contribution >= 0.6 is 0 Å². The van der Waals surface area contributed by atoms with Gasteiger partial charge >= 0.3 is 5.97 Å². The molecule has 1 aromatic heterocycles. The number of ether oxygens (including phenoxy) is 1. The molecule has 0 amide bonds. The van der Waals surface area contributed by atoms with E-state index < -0.39 is 11.6 Å². The molecule has 5 heteroatoms. The maximum absolute atomic E-state index is 10.7. The normalized spacial score (nSPS) is 22.4. The van der Waals surface area contributed by atoms with Gasteiger partial charge < -0.3 is 14.3 Å². The second-order valence-electron chi connectivity index (χ2n) is 4.90. The Balaban J connectivity index is 1.94. The maximum Gasteiger partial charge on any atom is 0.303 e. The van der Waals surface area contributed by atoms with E-state index >= 15 is 0 Å². The zero-order valence-corrected chi connectivity index (χ0v) is 10.7. The Hall–Kier alpha value is -1.88. The molecule has 1 N–H and O–H groups in total. The number of fused-ring (bicyclic) bond motifs is 1. The van der Waals surface area contributed by atoms with Gasteiger partial charge in [-0.25, -0.2) is 4.98 Å². The van der Waals surface area contributed by atoms with Crippen LogP contribution in [0.15, 0.2) is 22.6 Å². The maximum atomic E-state index is 10.7. The molecular weight excluding hydrogens is 246 g/mol. The summed E-state index contributed by atoms with van der Waals surface area (Å²) in [5, 5.41) is 8.83. The number of carboxylic acids is 1. The van der Waals surface area contributed by atoms with Crippen LogP contribution in [0.3, 0.4) is 0 Å². The number of hydrogen-bond acceptors (Lipinski definition) is 4. The highest BCUT2D eigenvalue weighted by molar-refractivity contribution is 5.74. The van der Waals surface area contributed by atoms with E-state index in [4.69, 9.17) is 14.3 Å². The summed E-state index contributed by atoms with van der Waals surface area (Å²) in [6.45, 7) is 2.48. The van der Waals surface area contributed by atoms with Crippen LogP contribution in [0, 0.1) is 6.92 Å². The fourth-order valence-electron chi connectivity index (χ4n) is 2.55. The highest BCUT2D eigenvalue weighted by Gasteiger charge is 2.40. The highest BCUT2D eigenvalue weighted by atomic mass is 16.5. The van der Waals surface area contributed by atoms with Gasteiger partial charge in [-0.3, -0.25) is 4.79 Å². The monoisotopic (exact) mass is 261 g/mol. The van der Waals surface area contributed by atoms with E-state index in [2.05, 4.69) is 4.98 Å². The van der Waals surface area contributed by atoms with Gasteiger partial charge in [0.2, 0.25) is 0 Å². The molecule has 0 radical (unpaired) electrons. The molecular formula is C14H15NO4. The molecule has 1 aliphatic heterocycles. The molecule has 1 aromatic carbocycles. The molecule has 1 saturated heterocycles. The van der Waals surface area contributed by atoms with Crippen LogP contribution in [-0.2, 0) is 15.1 Å². The van der Waals surface area contributed by atoms with E-state index in [0.717, 1.165) is 23.1 Å². The number of benzene rings is 1. The summed E-state index contributed by atoms with van der Waals surface area (Å²) in [5.74, 6) is -0.173. The summed E-state index contributed by atoms with van der Waals surface area (Å²) in [6, 6.07) is 5.76. The fraction of sp³-hybridized carbons (Fsp3) is 0.429. The summed E-state index contributed by atoms with van der Waals surface area (Å²) >= 11 is 0. The topological polar surface area (TPSA) is 72.6 Å². The molecule has 2 heterocycles. The van der Waals surface area contributed by atoms with Gasteiger partial charge in [0.05, 0.1) is 12.2 Å². The Morgan fingerprint density at radius 1 is 1.53 bits per heavy atom. The quantitative estimate of drug-likeness (QED) is 0.915.